The molecule has 7 nitrogen and oxygen atoms in total. The fourth-order valence-electron chi connectivity index (χ4n) is 4.00. The van der Waals surface area contributed by atoms with E-state index in [0.717, 1.165) is 32.5 Å². The molecule has 2 heterocycles. The number of benzene rings is 1. The Balaban J connectivity index is 2.07. The highest BCUT2D eigenvalue weighted by molar-refractivity contribution is 5.94. The summed E-state index contributed by atoms with van der Waals surface area (Å²) in [5.74, 6) is -7.10. The molecule has 3 rings (SSSR count). The lowest BCUT2D eigenvalue weighted by Crippen LogP contribution is -2.47. The van der Waals surface area contributed by atoms with E-state index < -0.39 is 58.6 Å². The van der Waals surface area contributed by atoms with E-state index in [1.165, 1.54) is 26.8 Å². The fraction of sp³-hybridized carbons (Fsp3) is 0.500. The Morgan fingerprint density at radius 3 is 2.44 bits per heavy atom. The molecule has 12 heteroatoms. The number of amides is 1. The van der Waals surface area contributed by atoms with Gasteiger partial charge in [-0.2, -0.15) is 17.6 Å². The zero-order valence-corrected chi connectivity index (χ0v) is 19.0. The number of halogens is 5. The number of hydrogen-bond acceptors (Lipinski definition) is 6. The van der Waals surface area contributed by atoms with Gasteiger partial charge in [-0.05, 0) is 26.8 Å². The van der Waals surface area contributed by atoms with E-state index in [-0.39, 0.29) is 17.1 Å². The Bertz CT molecular complexity index is 1090. The van der Waals surface area contributed by atoms with Crippen molar-refractivity contribution in [3.05, 3.63) is 47.4 Å². The lowest BCUT2D eigenvalue weighted by Gasteiger charge is -2.32. The second-order valence-electron chi connectivity index (χ2n) is 8.78. The second-order valence-corrected chi connectivity index (χ2v) is 8.78. The molecule has 0 saturated carbocycles. The van der Waals surface area contributed by atoms with E-state index in [1.54, 1.807) is 0 Å². The van der Waals surface area contributed by atoms with Gasteiger partial charge in [0, 0.05) is 23.5 Å². The van der Waals surface area contributed by atoms with E-state index in [1.807, 2.05) is 0 Å². The van der Waals surface area contributed by atoms with Crippen LogP contribution in [0.15, 0.2) is 24.5 Å². The number of aliphatic hydroxyl groups is 1. The summed E-state index contributed by atoms with van der Waals surface area (Å²) in [6.07, 6.45) is -5.58. The first kappa shape index (κ1) is 25.8. The van der Waals surface area contributed by atoms with Crippen LogP contribution in [0.5, 0.6) is 5.75 Å². The molecule has 1 aliphatic heterocycles. The highest BCUT2D eigenvalue weighted by Crippen LogP contribution is 2.55. The van der Waals surface area contributed by atoms with Crippen LogP contribution in [0.25, 0.3) is 0 Å². The minimum atomic E-state index is -4.88. The summed E-state index contributed by atoms with van der Waals surface area (Å²) < 4.78 is 80.4. The summed E-state index contributed by atoms with van der Waals surface area (Å²) in [4.78, 5) is 20.9. The third-order valence-electron chi connectivity index (χ3n) is 6.12. The number of nitrogens with zero attached hydrogens (tertiary/aromatic N) is 2. The van der Waals surface area contributed by atoms with Crippen LogP contribution >= 0.6 is 0 Å². The first-order valence-electron chi connectivity index (χ1n) is 10.2. The van der Waals surface area contributed by atoms with Crippen LogP contribution in [0.3, 0.4) is 0 Å². The highest BCUT2D eigenvalue weighted by atomic mass is 19.4. The van der Waals surface area contributed by atoms with Crippen molar-refractivity contribution >= 4 is 11.7 Å². The molecule has 34 heavy (non-hydrogen) atoms. The van der Waals surface area contributed by atoms with Gasteiger partial charge in [0.15, 0.2) is 17.2 Å². The monoisotopic (exact) mass is 489 g/mol. The lowest BCUT2D eigenvalue weighted by atomic mass is 9.77. The number of nitrogens with one attached hydrogen (secondary N) is 1. The number of carbonyl (C=O) groups is 1. The molecule has 0 radical (unpaired) electrons. The number of carbonyl (C=O) groups excluding carboxylic acids is 1. The van der Waals surface area contributed by atoms with Crippen LogP contribution in [0.2, 0.25) is 0 Å². The summed E-state index contributed by atoms with van der Waals surface area (Å²) in [7, 11) is 1.04. The fourth-order valence-corrected chi connectivity index (χ4v) is 4.00. The average molecular weight is 489 g/mol. The van der Waals surface area contributed by atoms with Gasteiger partial charge in [-0.25, -0.2) is 14.4 Å². The number of methoxy groups -OCH3 is 1. The maximum absolute atomic E-state index is 14.4. The summed E-state index contributed by atoms with van der Waals surface area (Å²) in [5.41, 5.74) is -4.16. The van der Waals surface area contributed by atoms with Crippen LogP contribution in [0.4, 0.5) is 27.8 Å². The van der Waals surface area contributed by atoms with Gasteiger partial charge in [0.2, 0.25) is 5.82 Å². The second kappa shape index (κ2) is 8.73. The largest absolute Gasteiger partial charge is 0.493 e. The Morgan fingerprint density at radius 1 is 1.24 bits per heavy atom. The molecule has 1 saturated heterocycles. The minimum Gasteiger partial charge on any atom is -0.493 e. The van der Waals surface area contributed by atoms with Crippen LogP contribution in [-0.2, 0) is 15.1 Å². The maximum atomic E-state index is 14.4. The predicted octanol–water partition coefficient (Wildman–Crippen LogP) is 4.07. The van der Waals surface area contributed by atoms with E-state index in [9.17, 15) is 31.9 Å². The Hall–Kier alpha value is -2.86. The molecule has 2 aromatic rings. The lowest BCUT2D eigenvalue weighted by molar-refractivity contribution is -0.272. The van der Waals surface area contributed by atoms with Gasteiger partial charge in [0.25, 0.3) is 5.91 Å². The summed E-state index contributed by atoms with van der Waals surface area (Å²) in [5, 5.41) is 12.5. The van der Waals surface area contributed by atoms with Gasteiger partial charge >= 0.3 is 6.18 Å². The smallest absolute Gasteiger partial charge is 0.417 e. The minimum absolute atomic E-state index is 0.0926. The zero-order chi connectivity index (χ0) is 25.6. The van der Waals surface area contributed by atoms with Crippen LogP contribution in [0.1, 0.15) is 44.9 Å². The van der Waals surface area contributed by atoms with Crippen LogP contribution in [0, 0.1) is 17.6 Å². The van der Waals surface area contributed by atoms with E-state index in [4.69, 9.17) is 9.47 Å². The van der Waals surface area contributed by atoms with Crippen molar-refractivity contribution < 1.29 is 41.3 Å². The molecule has 186 valence electrons. The molecular weight excluding hydrogens is 465 g/mol. The molecule has 1 aromatic carbocycles. The van der Waals surface area contributed by atoms with Gasteiger partial charge in [0.1, 0.15) is 23.9 Å². The first-order valence-corrected chi connectivity index (χ1v) is 10.2. The van der Waals surface area contributed by atoms with Gasteiger partial charge in [-0.3, -0.25) is 4.79 Å². The molecule has 1 amide bonds. The normalized spacial score (nSPS) is 25.3. The molecule has 4 atom stereocenters. The summed E-state index contributed by atoms with van der Waals surface area (Å²) in [6.45, 7) is 4.90. The molecule has 1 fully saturated rings. The van der Waals surface area contributed by atoms with E-state index in [2.05, 4.69) is 15.3 Å². The molecule has 0 spiro atoms. The van der Waals surface area contributed by atoms with E-state index >= 15 is 0 Å². The van der Waals surface area contributed by atoms with Crippen molar-refractivity contribution in [2.75, 3.05) is 12.4 Å². The number of ether oxygens (including phenoxy) is 2. The topological polar surface area (TPSA) is 93.6 Å². The van der Waals surface area contributed by atoms with Crippen molar-refractivity contribution in [1.29, 1.82) is 0 Å². The Morgan fingerprint density at radius 2 is 1.88 bits per heavy atom. The first-order chi connectivity index (χ1) is 15.6. The molecule has 0 unspecified atom stereocenters. The predicted molar refractivity (Wildman–Crippen MR) is 110 cm³/mol. The SMILES string of the molecule is COc1c([C@H]2[C@H](C(=O)Nc3cc(C(C)(C)O)ncn3)O[C@@](C)(C(F)(F)F)[C@H]2C)ccc(F)c1F. The van der Waals surface area contributed by atoms with Gasteiger partial charge in [0.05, 0.1) is 12.8 Å². The van der Waals surface area contributed by atoms with Crippen molar-refractivity contribution in [1.82, 2.24) is 9.97 Å². The molecule has 2 N–H and O–H groups in total. The average Bonchev–Trinajstić information content (AvgIpc) is 3.01. The molecule has 1 aromatic heterocycles. The summed E-state index contributed by atoms with van der Waals surface area (Å²) >= 11 is 0. The quantitative estimate of drug-likeness (QED) is 0.616. The van der Waals surface area contributed by atoms with Gasteiger partial charge in [-0.15, -0.1) is 0 Å². The zero-order valence-electron chi connectivity index (χ0n) is 19.0. The molecule has 0 aliphatic carbocycles. The van der Waals surface area contributed by atoms with Crippen molar-refractivity contribution in [3.63, 3.8) is 0 Å². The third-order valence-corrected chi connectivity index (χ3v) is 6.12. The number of anilines is 1. The highest BCUT2D eigenvalue weighted by Gasteiger charge is 2.66. The Kier molecular flexibility index (Phi) is 6.61. The molecule has 0 bridgehead atoms. The number of hydrogen-bond donors (Lipinski definition) is 2. The van der Waals surface area contributed by atoms with Gasteiger partial charge in [-0.1, -0.05) is 13.0 Å². The van der Waals surface area contributed by atoms with Crippen LogP contribution < -0.4 is 10.1 Å². The number of rotatable bonds is 5. The van der Waals surface area contributed by atoms with E-state index in [0.29, 0.717) is 0 Å². The number of alkyl halides is 3. The van der Waals surface area contributed by atoms with Gasteiger partial charge < -0.3 is 19.9 Å². The third kappa shape index (κ3) is 4.43. The Labute approximate surface area is 192 Å². The van der Waals surface area contributed by atoms with Crippen molar-refractivity contribution in [3.8, 4) is 5.75 Å². The van der Waals surface area contributed by atoms with Crippen molar-refractivity contribution in [2.24, 2.45) is 5.92 Å². The summed E-state index contributed by atoms with van der Waals surface area (Å²) in [6, 6.07) is 3.08. The standard InChI is InChI=1S/C22H24F5N3O4/c1-10-15(11-6-7-12(23)16(24)17(11)33-5)18(34-21(10,4)22(25,26)27)19(31)30-14-8-13(20(2,3)32)28-9-29-14/h6-10,15,18,32H,1-5H3,(H,28,29,30,31)/t10-,15-,18+,21+/m0/s1. The van der Waals surface area contributed by atoms with Crippen LogP contribution in [-0.4, -0.2) is 46.0 Å². The van der Waals surface area contributed by atoms with Crippen molar-refractivity contribution in [2.45, 2.75) is 57.1 Å². The molecular formula is C22H24F5N3O4. The number of aromatic nitrogens is 2. The molecule has 1 aliphatic rings. The maximum Gasteiger partial charge on any atom is 0.417 e.